The molecule has 0 unspecified atom stereocenters. The van der Waals surface area contributed by atoms with E-state index in [0.29, 0.717) is 0 Å². The molecule has 0 fully saturated rings. The van der Waals surface area contributed by atoms with E-state index >= 15 is 0 Å². The minimum absolute atomic E-state index is 0.874. The molecule has 0 saturated carbocycles. The van der Waals surface area contributed by atoms with Crippen molar-refractivity contribution in [3.8, 4) is 0 Å². The van der Waals surface area contributed by atoms with Crippen LogP contribution in [0, 0.1) is 0 Å². The van der Waals surface area contributed by atoms with Gasteiger partial charge in [0, 0.05) is 5.75 Å². The Labute approximate surface area is 77.8 Å². The van der Waals surface area contributed by atoms with Gasteiger partial charge in [0.2, 0.25) is 0 Å². The molecule has 0 aliphatic rings. The Morgan fingerprint density at radius 2 is 2.40 bits per heavy atom. The highest BCUT2D eigenvalue weighted by atomic mass is 35.5. The maximum Gasteiger partial charge on any atom is 0.0940 e. The first kappa shape index (κ1) is 8.78. The first-order valence-electron chi connectivity index (χ1n) is 2.87. The van der Waals surface area contributed by atoms with Crippen LogP contribution in [0.15, 0.2) is 16.3 Å². The van der Waals surface area contributed by atoms with Crippen LogP contribution in [0.1, 0.15) is 6.92 Å². The fourth-order valence-corrected chi connectivity index (χ4v) is 3.74. The first-order chi connectivity index (χ1) is 4.83. The summed E-state index contributed by atoms with van der Waals surface area (Å²) >= 11 is 7.37. The van der Waals surface area contributed by atoms with Gasteiger partial charge in [-0.1, -0.05) is 29.3 Å². The Morgan fingerprint density at radius 1 is 1.60 bits per heavy atom. The van der Waals surface area contributed by atoms with Gasteiger partial charge in [0.15, 0.2) is 0 Å². The SMILES string of the molecule is CCSSc1ccc(Cl)s1. The highest BCUT2D eigenvalue weighted by Gasteiger charge is 1.96. The van der Waals surface area contributed by atoms with Crippen molar-refractivity contribution in [2.75, 3.05) is 5.75 Å². The van der Waals surface area contributed by atoms with E-state index < -0.39 is 0 Å². The zero-order valence-electron chi connectivity index (χ0n) is 5.46. The van der Waals surface area contributed by atoms with Crippen molar-refractivity contribution >= 4 is 44.5 Å². The van der Waals surface area contributed by atoms with Crippen molar-refractivity contribution in [3.05, 3.63) is 16.5 Å². The van der Waals surface area contributed by atoms with Crippen LogP contribution in [-0.4, -0.2) is 5.75 Å². The van der Waals surface area contributed by atoms with E-state index in [1.165, 1.54) is 4.21 Å². The molecule has 0 amide bonds. The van der Waals surface area contributed by atoms with Crippen LogP contribution in [0.5, 0.6) is 0 Å². The van der Waals surface area contributed by atoms with Crippen LogP contribution < -0.4 is 0 Å². The van der Waals surface area contributed by atoms with Crippen LogP contribution in [0.2, 0.25) is 4.34 Å². The van der Waals surface area contributed by atoms with Crippen LogP contribution in [0.3, 0.4) is 0 Å². The van der Waals surface area contributed by atoms with Crippen molar-refractivity contribution in [1.29, 1.82) is 0 Å². The van der Waals surface area contributed by atoms with Gasteiger partial charge in [-0.3, -0.25) is 0 Å². The summed E-state index contributed by atoms with van der Waals surface area (Å²) in [5.41, 5.74) is 0. The van der Waals surface area contributed by atoms with E-state index in [0.717, 1.165) is 10.1 Å². The summed E-state index contributed by atoms with van der Waals surface area (Å²) in [5, 5.41) is 0. The lowest BCUT2D eigenvalue weighted by atomic mass is 10.7. The third-order valence-electron chi connectivity index (χ3n) is 0.807. The molecule has 0 atom stereocenters. The Kier molecular flexibility index (Phi) is 3.99. The fraction of sp³-hybridized carbons (Fsp3) is 0.333. The molecule has 0 aliphatic carbocycles. The molecule has 0 saturated heterocycles. The topological polar surface area (TPSA) is 0 Å². The highest BCUT2D eigenvalue weighted by Crippen LogP contribution is 2.37. The molecule has 0 radical (unpaired) electrons. The van der Waals surface area contributed by atoms with E-state index in [9.17, 15) is 0 Å². The molecule has 1 aromatic rings. The van der Waals surface area contributed by atoms with E-state index in [1.54, 1.807) is 22.1 Å². The van der Waals surface area contributed by atoms with Crippen molar-refractivity contribution < 1.29 is 0 Å². The van der Waals surface area contributed by atoms with Crippen LogP contribution >= 0.6 is 44.5 Å². The Morgan fingerprint density at radius 3 is 2.90 bits per heavy atom. The van der Waals surface area contributed by atoms with Gasteiger partial charge in [-0.05, 0) is 22.9 Å². The maximum absolute atomic E-state index is 5.74. The highest BCUT2D eigenvalue weighted by molar-refractivity contribution is 8.77. The van der Waals surface area contributed by atoms with E-state index in [-0.39, 0.29) is 0 Å². The van der Waals surface area contributed by atoms with Crippen LogP contribution in [0.4, 0.5) is 0 Å². The summed E-state index contributed by atoms with van der Waals surface area (Å²) in [5.74, 6) is 1.14. The van der Waals surface area contributed by atoms with Crippen molar-refractivity contribution in [1.82, 2.24) is 0 Å². The molecule has 0 N–H and O–H groups in total. The summed E-state index contributed by atoms with van der Waals surface area (Å²) in [6, 6.07) is 3.99. The normalized spacial score (nSPS) is 10.2. The molecule has 0 bridgehead atoms. The van der Waals surface area contributed by atoms with Gasteiger partial charge < -0.3 is 0 Å². The van der Waals surface area contributed by atoms with Crippen LogP contribution in [0.25, 0.3) is 0 Å². The van der Waals surface area contributed by atoms with Gasteiger partial charge in [0.25, 0.3) is 0 Å². The van der Waals surface area contributed by atoms with E-state index in [4.69, 9.17) is 11.6 Å². The largest absolute Gasteiger partial charge is 0.116 e. The first-order valence-corrected chi connectivity index (χ1v) is 6.39. The third kappa shape index (κ3) is 2.74. The predicted molar refractivity (Wildman–Crippen MR) is 53.3 cm³/mol. The molecule has 1 heterocycles. The quantitative estimate of drug-likeness (QED) is 0.688. The molecular weight excluding hydrogens is 204 g/mol. The second-order valence-electron chi connectivity index (χ2n) is 1.55. The Balaban J connectivity index is 2.42. The van der Waals surface area contributed by atoms with E-state index in [1.807, 2.05) is 16.9 Å². The number of halogens is 1. The summed E-state index contributed by atoms with van der Waals surface area (Å²) < 4.78 is 2.16. The van der Waals surface area contributed by atoms with Gasteiger partial charge >= 0.3 is 0 Å². The summed E-state index contributed by atoms with van der Waals surface area (Å²) in [4.78, 5) is 0. The third-order valence-corrected chi connectivity index (χ3v) is 4.90. The van der Waals surface area contributed by atoms with Gasteiger partial charge in [-0.2, -0.15) is 0 Å². The predicted octanol–water partition coefficient (Wildman–Crippen LogP) is 4.16. The second kappa shape index (κ2) is 4.54. The number of hydrogen-bond acceptors (Lipinski definition) is 3. The average molecular weight is 211 g/mol. The molecule has 0 aliphatic heterocycles. The zero-order chi connectivity index (χ0) is 7.40. The molecule has 10 heavy (non-hydrogen) atoms. The molecule has 0 spiro atoms. The lowest BCUT2D eigenvalue weighted by Gasteiger charge is -1.89. The number of hydrogen-bond donors (Lipinski definition) is 0. The monoisotopic (exact) mass is 210 g/mol. The molecule has 4 heteroatoms. The summed E-state index contributed by atoms with van der Waals surface area (Å²) in [6.07, 6.45) is 0. The molecule has 1 rings (SSSR count). The van der Waals surface area contributed by atoms with Crippen molar-refractivity contribution in [2.24, 2.45) is 0 Å². The van der Waals surface area contributed by atoms with Gasteiger partial charge in [0.1, 0.15) is 0 Å². The molecular formula is C6H7ClS3. The smallest absolute Gasteiger partial charge is 0.0940 e. The van der Waals surface area contributed by atoms with Crippen molar-refractivity contribution in [2.45, 2.75) is 11.1 Å². The molecule has 56 valence electrons. The summed E-state index contributed by atoms with van der Waals surface area (Å²) in [6.45, 7) is 2.15. The lowest BCUT2D eigenvalue weighted by molar-refractivity contribution is 1.54. The molecule has 0 nitrogen and oxygen atoms in total. The maximum atomic E-state index is 5.74. The average Bonchev–Trinajstić information content (AvgIpc) is 2.31. The Bertz CT molecular complexity index is 197. The minimum atomic E-state index is 0.874. The van der Waals surface area contributed by atoms with Gasteiger partial charge in [-0.15, -0.1) is 11.3 Å². The lowest BCUT2D eigenvalue weighted by Crippen LogP contribution is -1.55. The fourth-order valence-electron chi connectivity index (χ4n) is 0.459. The molecule has 0 aromatic carbocycles. The standard InChI is InChI=1S/C6H7ClS3/c1-2-8-10-6-4-3-5(7)9-6/h3-4H,2H2,1H3. The second-order valence-corrected chi connectivity index (χ2v) is 6.15. The summed E-state index contributed by atoms with van der Waals surface area (Å²) in [7, 11) is 3.63. The van der Waals surface area contributed by atoms with Gasteiger partial charge in [-0.25, -0.2) is 0 Å². The minimum Gasteiger partial charge on any atom is -0.116 e. The Hall–Kier alpha value is 0.690. The van der Waals surface area contributed by atoms with E-state index in [2.05, 4.69) is 13.0 Å². The number of thiophene rings is 1. The molecule has 1 aromatic heterocycles. The number of rotatable bonds is 3. The van der Waals surface area contributed by atoms with Crippen molar-refractivity contribution in [3.63, 3.8) is 0 Å². The van der Waals surface area contributed by atoms with Gasteiger partial charge in [0.05, 0.1) is 8.55 Å². The zero-order valence-corrected chi connectivity index (χ0v) is 8.67. The van der Waals surface area contributed by atoms with Crippen LogP contribution in [-0.2, 0) is 0 Å².